The normalized spacial score (nSPS) is 10.8. The third-order valence-corrected chi connectivity index (χ3v) is 3.51. The van der Waals surface area contributed by atoms with Crippen molar-refractivity contribution in [2.75, 3.05) is 18.5 Å². The van der Waals surface area contributed by atoms with Gasteiger partial charge in [-0.2, -0.15) is 0 Å². The number of aliphatic hydroxyl groups is 1. The molecule has 1 aromatic carbocycles. The number of unbranched alkanes of at least 4 members (excludes halogenated alkanes) is 2. The molecule has 2 nitrogen and oxygen atoms in total. The molecule has 0 radical (unpaired) electrons. The number of aliphatic hydroxyl groups excluding tert-OH is 1. The summed E-state index contributed by atoms with van der Waals surface area (Å²) in [5, 5.41) is 15.5. The number of rotatable bonds is 6. The monoisotopic (exact) mass is 235 g/mol. The van der Waals surface area contributed by atoms with Gasteiger partial charge < -0.3 is 10.4 Å². The van der Waals surface area contributed by atoms with E-state index < -0.39 is 0 Å². The molecule has 0 saturated heterocycles. The molecule has 0 atom stereocenters. The van der Waals surface area contributed by atoms with Crippen molar-refractivity contribution < 1.29 is 5.11 Å². The summed E-state index contributed by atoms with van der Waals surface area (Å²) < 4.78 is 1.34. The maximum Gasteiger partial charge on any atom is 0.0431 e. The van der Waals surface area contributed by atoms with Gasteiger partial charge in [0.15, 0.2) is 0 Å². The first kappa shape index (κ1) is 11.4. The van der Waals surface area contributed by atoms with Crippen LogP contribution in [0, 0.1) is 0 Å². The Balaban J connectivity index is 1.84. The van der Waals surface area contributed by atoms with Crippen molar-refractivity contribution in [2.45, 2.75) is 19.3 Å². The Bertz CT molecular complexity index is 438. The van der Waals surface area contributed by atoms with Crippen molar-refractivity contribution in [3.63, 3.8) is 0 Å². The number of hydrogen-bond acceptors (Lipinski definition) is 3. The molecule has 0 spiro atoms. The fourth-order valence-corrected chi connectivity index (χ4v) is 2.49. The SMILES string of the molecule is OCCCCCNc1ccc2sccc2c1. The maximum atomic E-state index is 8.66. The first-order chi connectivity index (χ1) is 7.90. The van der Waals surface area contributed by atoms with Crippen LogP contribution >= 0.6 is 11.3 Å². The molecule has 1 aromatic heterocycles. The van der Waals surface area contributed by atoms with Crippen LogP contribution in [0.4, 0.5) is 5.69 Å². The zero-order valence-corrected chi connectivity index (χ0v) is 10.1. The summed E-state index contributed by atoms with van der Waals surface area (Å²) in [6.07, 6.45) is 3.11. The van der Waals surface area contributed by atoms with E-state index in [1.807, 2.05) is 0 Å². The number of thiophene rings is 1. The van der Waals surface area contributed by atoms with Gasteiger partial charge in [0.1, 0.15) is 0 Å². The van der Waals surface area contributed by atoms with Crippen LogP contribution in [0.3, 0.4) is 0 Å². The van der Waals surface area contributed by atoms with Crippen LogP contribution in [-0.2, 0) is 0 Å². The van der Waals surface area contributed by atoms with Crippen molar-refractivity contribution in [1.82, 2.24) is 0 Å². The van der Waals surface area contributed by atoms with Gasteiger partial charge in [-0.1, -0.05) is 0 Å². The van der Waals surface area contributed by atoms with Gasteiger partial charge in [-0.15, -0.1) is 11.3 Å². The van der Waals surface area contributed by atoms with Crippen LogP contribution in [0.2, 0.25) is 0 Å². The van der Waals surface area contributed by atoms with Gasteiger partial charge in [-0.3, -0.25) is 0 Å². The fourth-order valence-electron chi connectivity index (χ4n) is 1.72. The predicted octanol–water partition coefficient (Wildman–Crippen LogP) is 3.48. The van der Waals surface area contributed by atoms with E-state index in [1.165, 1.54) is 15.8 Å². The number of nitrogens with one attached hydrogen (secondary N) is 1. The minimum absolute atomic E-state index is 0.306. The van der Waals surface area contributed by atoms with Gasteiger partial charge in [0.2, 0.25) is 0 Å². The lowest BCUT2D eigenvalue weighted by Gasteiger charge is -2.05. The molecule has 0 bridgehead atoms. The van der Waals surface area contributed by atoms with Crippen LogP contribution in [0.5, 0.6) is 0 Å². The van der Waals surface area contributed by atoms with Crippen molar-refractivity contribution in [3.05, 3.63) is 29.6 Å². The second-order valence-corrected chi connectivity index (χ2v) is 4.83. The Hall–Kier alpha value is -1.06. The lowest BCUT2D eigenvalue weighted by molar-refractivity contribution is 0.283. The largest absolute Gasteiger partial charge is 0.396 e. The number of benzene rings is 1. The molecule has 2 rings (SSSR count). The summed E-state index contributed by atoms with van der Waals surface area (Å²) in [6.45, 7) is 1.29. The summed E-state index contributed by atoms with van der Waals surface area (Å²) in [5.74, 6) is 0. The summed E-state index contributed by atoms with van der Waals surface area (Å²) in [7, 11) is 0. The first-order valence-corrected chi connectivity index (χ1v) is 6.60. The van der Waals surface area contributed by atoms with Gasteiger partial charge in [0, 0.05) is 23.5 Å². The molecule has 3 heteroatoms. The molecule has 16 heavy (non-hydrogen) atoms. The Morgan fingerprint density at radius 1 is 1.12 bits per heavy atom. The topological polar surface area (TPSA) is 32.3 Å². The van der Waals surface area contributed by atoms with Crippen LogP contribution in [-0.4, -0.2) is 18.3 Å². The number of fused-ring (bicyclic) bond motifs is 1. The molecular formula is C13H17NOS. The second kappa shape index (κ2) is 5.87. The van der Waals surface area contributed by atoms with Crippen molar-refractivity contribution >= 4 is 27.1 Å². The molecule has 0 aliphatic carbocycles. The molecule has 0 saturated carbocycles. The van der Waals surface area contributed by atoms with E-state index in [-0.39, 0.29) is 0 Å². The Labute approximate surface area is 99.9 Å². The van der Waals surface area contributed by atoms with Crippen LogP contribution < -0.4 is 5.32 Å². The zero-order chi connectivity index (χ0) is 11.2. The third kappa shape index (κ3) is 2.97. The zero-order valence-electron chi connectivity index (χ0n) is 9.28. The molecule has 0 unspecified atom stereocenters. The molecule has 2 aromatic rings. The average molecular weight is 235 g/mol. The van der Waals surface area contributed by atoms with Gasteiger partial charge in [-0.25, -0.2) is 0 Å². The lowest BCUT2D eigenvalue weighted by atomic mass is 10.2. The number of hydrogen-bond donors (Lipinski definition) is 2. The van der Waals surface area contributed by atoms with Gasteiger partial charge in [0.25, 0.3) is 0 Å². The summed E-state index contributed by atoms with van der Waals surface area (Å²) >= 11 is 1.78. The highest BCUT2D eigenvalue weighted by atomic mass is 32.1. The first-order valence-electron chi connectivity index (χ1n) is 5.72. The molecule has 0 aliphatic heterocycles. The molecule has 86 valence electrons. The number of anilines is 1. The van der Waals surface area contributed by atoms with E-state index in [4.69, 9.17) is 5.11 Å². The molecule has 0 aliphatic rings. The fraction of sp³-hybridized carbons (Fsp3) is 0.385. The summed E-state index contributed by atoms with van der Waals surface area (Å²) in [6, 6.07) is 8.63. The Morgan fingerprint density at radius 3 is 2.94 bits per heavy atom. The van der Waals surface area contributed by atoms with Crippen molar-refractivity contribution in [3.8, 4) is 0 Å². The molecule has 2 N–H and O–H groups in total. The Kier molecular flexibility index (Phi) is 4.19. The summed E-state index contributed by atoms with van der Waals surface area (Å²) in [4.78, 5) is 0. The smallest absolute Gasteiger partial charge is 0.0431 e. The van der Waals surface area contributed by atoms with E-state index in [9.17, 15) is 0 Å². The van der Waals surface area contributed by atoms with E-state index in [2.05, 4.69) is 35.0 Å². The van der Waals surface area contributed by atoms with Crippen LogP contribution in [0.25, 0.3) is 10.1 Å². The standard InChI is InChI=1S/C13H17NOS/c15-8-3-1-2-7-14-12-4-5-13-11(10-12)6-9-16-13/h4-6,9-10,14-15H,1-3,7-8H2. The van der Waals surface area contributed by atoms with Crippen molar-refractivity contribution in [2.24, 2.45) is 0 Å². The highest BCUT2D eigenvalue weighted by molar-refractivity contribution is 7.17. The minimum Gasteiger partial charge on any atom is -0.396 e. The minimum atomic E-state index is 0.306. The molecule has 0 amide bonds. The highest BCUT2D eigenvalue weighted by Crippen LogP contribution is 2.23. The van der Waals surface area contributed by atoms with Crippen molar-refractivity contribution in [1.29, 1.82) is 0 Å². The third-order valence-electron chi connectivity index (χ3n) is 2.62. The lowest BCUT2D eigenvalue weighted by Crippen LogP contribution is -2.01. The van der Waals surface area contributed by atoms with E-state index in [0.717, 1.165) is 25.8 Å². The van der Waals surface area contributed by atoms with Crippen LogP contribution in [0.1, 0.15) is 19.3 Å². The average Bonchev–Trinajstić information content (AvgIpc) is 2.76. The van der Waals surface area contributed by atoms with Gasteiger partial charge in [0.05, 0.1) is 0 Å². The van der Waals surface area contributed by atoms with E-state index in [0.29, 0.717) is 6.61 Å². The van der Waals surface area contributed by atoms with Crippen LogP contribution in [0.15, 0.2) is 29.6 Å². The molecular weight excluding hydrogens is 218 g/mol. The molecule has 0 fully saturated rings. The second-order valence-electron chi connectivity index (χ2n) is 3.88. The predicted molar refractivity (Wildman–Crippen MR) is 71.3 cm³/mol. The highest BCUT2D eigenvalue weighted by Gasteiger charge is 1.96. The van der Waals surface area contributed by atoms with E-state index >= 15 is 0 Å². The van der Waals surface area contributed by atoms with Gasteiger partial charge >= 0.3 is 0 Å². The van der Waals surface area contributed by atoms with E-state index in [1.54, 1.807) is 11.3 Å². The van der Waals surface area contributed by atoms with Gasteiger partial charge in [-0.05, 0) is 54.3 Å². The Morgan fingerprint density at radius 2 is 2.06 bits per heavy atom. The summed E-state index contributed by atoms with van der Waals surface area (Å²) in [5.41, 5.74) is 1.19. The quantitative estimate of drug-likeness (QED) is 0.751. The maximum absolute atomic E-state index is 8.66. The molecule has 1 heterocycles.